The molecule has 0 radical (unpaired) electrons. The van der Waals surface area contributed by atoms with Crippen LogP contribution in [-0.4, -0.2) is 47.4 Å². The number of nitrogens with zero attached hydrogens (tertiary/aromatic N) is 1. The molecular weight excluding hydrogens is 280 g/mol. The molecular formula is C17H26N2O3. The molecule has 0 aliphatic carbocycles. The molecule has 0 aromatic heterocycles. The average molecular weight is 306 g/mol. The quantitative estimate of drug-likeness (QED) is 0.726. The van der Waals surface area contributed by atoms with Crippen molar-refractivity contribution in [2.45, 2.75) is 44.4 Å². The third-order valence-electron chi connectivity index (χ3n) is 5.38. The summed E-state index contributed by atoms with van der Waals surface area (Å²) in [5.74, 6) is 0.396. The SMILES string of the molecule is CC1CC(C2Cc3c(ccc(O)c3O)C(CN)O2)CCN1C. The third kappa shape index (κ3) is 2.69. The minimum Gasteiger partial charge on any atom is -0.504 e. The van der Waals surface area contributed by atoms with Crippen LogP contribution >= 0.6 is 0 Å². The van der Waals surface area contributed by atoms with E-state index < -0.39 is 0 Å². The highest BCUT2D eigenvalue weighted by Gasteiger charge is 2.36. The lowest BCUT2D eigenvalue weighted by Gasteiger charge is -2.42. The number of phenols is 2. The molecule has 2 aliphatic heterocycles. The molecule has 0 spiro atoms. The molecule has 122 valence electrons. The third-order valence-corrected chi connectivity index (χ3v) is 5.38. The van der Waals surface area contributed by atoms with Crippen molar-refractivity contribution < 1.29 is 14.9 Å². The lowest BCUT2D eigenvalue weighted by Crippen LogP contribution is -2.44. The van der Waals surface area contributed by atoms with E-state index in [1.165, 1.54) is 6.07 Å². The minimum atomic E-state index is -0.199. The van der Waals surface area contributed by atoms with Crippen LogP contribution in [0.25, 0.3) is 0 Å². The van der Waals surface area contributed by atoms with E-state index in [0.717, 1.165) is 30.5 Å². The highest BCUT2D eigenvalue weighted by molar-refractivity contribution is 5.51. The standard InChI is InChI=1S/C17H26N2O3/c1-10-7-11(5-6-19(10)2)15-8-13-12(16(9-18)22-15)3-4-14(20)17(13)21/h3-4,10-11,15-16,20-21H,5-9,18H2,1-2H3. The van der Waals surface area contributed by atoms with Crippen molar-refractivity contribution in [1.29, 1.82) is 0 Å². The topological polar surface area (TPSA) is 79.0 Å². The van der Waals surface area contributed by atoms with Gasteiger partial charge in [0.2, 0.25) is 0 Å². The molecule has 2 aliphatic rings. The van der Waals surface area contributed by atoms with Gasteiger partial charge in [-0.2, -0.15) is 0 Å². The number of ether oxygens (including phenoxy) is 1. The van der Waals surface area contributed by atoms with Gasteiger partial charge in [0.15, 0.2) is 11.5 Å². The number of hydrogen-bond acceptors (Lipinski definition) is 5. The van der Waals surface area contributed by atoms with E-state index in [0.29, 0.717) is 24.9 Å². The number of benzene rings is 1. The highest BCUT2D eigenvalue weighted by atomic mass is 16.5. The van der Waals surface area contributed by atoms with Crippen LogP contribution in [0.15, 0.2) is 12.1 Å². The monoisotopic (exact) mass is 306 g/mol. The summed E-state index contributed by atoms with van der Waals surface area (Å²) >= 11 is 0. The predicted molar refractivity (Wildman–Crippen MR) is 85.0 cm³/mol. The molecule has 0 bridgehead atoms. The van der Waals surface area contributed by atoms with Gasteiger partial charge >= 0.3 is 0 Å². The second kappa shape index (κ2) is 6.07. The van der Waals surface area contributed by atoms with Crippen molar-refractivity contribution in [2.75, 3.05) is 20.1 Å². The Morgan fingerprint density at radius 1 is 1.36 bits per heavy atom. The molecule has 4 atom stereocenters. The fourth-order valence-electron chi connectivity index (χ4n) is 3.81. The van der Waals surface area contributed by atoms with Crippen LogP contribution in [0, 0.1) is 5.92 Å². The number of nitrogens with two attached hydrogens (primary N) is 1. The molecule has 0 saturated carbocycles. The zero-order chi connectivity index (χ0) is 15.9. The van der Waals surface area contributed by atoms with E-state index in [9.17, 15) is 10.2 Å². The van der Waals surface area contributed by atoms with Crippen LogP contribution < -0.4 is 5.73 Å². The molecule has 2 heterocycles. The van der Waals surface area contributed by atoms with E-state index >= 15 is 0 Å². The van der Waals surface area contributed by atoms with Crippen molar-refractivity contribution >= 4 is 0 Å². The second-order valence-corrected chi connectivity index (χ2v) is 6.72. The first kappa shape index (κ1) is 15.6. The number of rotatable bonds is 2. The van der Waals surface area contributed by atoms with Crippen molar-refractivity contribution in [2.24, 2.45) is 11.7 Å². The van der Waals surface area contributed by atoms with Gasteiger partial charge in [0.25, 0.3) is 0 Å². The van der Waals surface area contributed by atoms with Gasteiger partial charge in [-0.15, -0.1) is 0 Å². The molecule has 1 aromatic rings. The van der Waals surface area contributed by atoms with Crippen molar-refractivity contribution in [3.8, 4) is 11.5 Å². The number of fused-ring (bicyclic) bond motifs is 1. The van der Waals surface area contributed by atoms with Crippen molar-refractivity contribution in [3.63, 3.8) is 0 Å². The Hall–Kier alpha value is -1.30. The summed E-state index contributed by atoms with van der Waals surface area (Å²) in [7, 11) is 2.16. The Balaban J connectivity index is 1.86. The molecule has 5 nitrogen and oxygen atoms in total. The van der Waals surface area contributed by atoms with Crippen molar-refractivity contribution in [1.82, 2.24) is 4.90 Å². The predicted octanol–water partition coefficient (Wildman–Crippen LogP) is 1.77. The first-order chi connectivity index (χ1) is 10.5. The van der Waals surface area contributed by atoms with Gasteiger partial charge in [-0.25, -0.2) is 0 Å². The summed E-state index contributed by atoms with van der Waals surface area (Å²) in [6.45, 7) is 3.69. The van der Waals surface area contributed by atoms with Crippen LogP contribution in [0.4, 0.5) is 0 Å². The molecule has 1 saturated heterocycles. The lowest BCUT2D eigenvalue weighted by molar-refractivity contribution is -0.0688. The molecule has 5 heteroatoms. The van der Waals surface area contributed by atoms with Crippen LogP contribution in [-0.2, 0) is 11.2 Å². The highest BCUT2D eigenvalue weighted by Crippen LogP contribution is 2.42. The lowest BCUT2D eigenvalue weighted by atomic mass is 9.81. The summed E-state index contributed by atoms with van der Waals surface area (Å²) in [4.78, 5) is 2.37. The molecule has 4 unspecified atom stereocenters. The second-order valence-electron chi connectivity index (χ2n) is 6.72. The summed E-state index contributed by atoms with van der Waals surface area (Å²) in [5, 5.41) is 20.0. The van der Waals surface area contributed by atoms with Crippen LogP contribution in [0.1, 0.15) is 37.0 Å². The Kier molecular flexibility index (Phi) is 4.30. The van der Waals surface area contributed by atoms with Gasteiger partial charge < -0.3 is 25.6 Å². The van der Waals surface area contributed by atoms with Crippen molar-refractivity contribution in [3.05, 3.63) is 23.3 Å². The summed E-state index contributed by atoms with van der Waals surface area (Å²) in [6, 6.07) is 3.87. The van der Waals surface area contributed by atoms with E-state index in [-0.39, 0.29) is 23.7 Å². The van der Waals surface area contributed by atoms with Gasteiger partial charge in [0, 0.05) is 24.6 Å². The largest absolute Gasteiger partial charge is 0.504 e. The molecule has 4 N–H and O–H groups in total. The van der Waals surface area contributed by atoms with Gasteiger partial charge in [0.1, 0.15) is 0 Å². The number of piperidine rings is 1. The molecule has 1 fully saturated rings. The number of likely N-dealkylation sites (tertiary alicyclic amines) is 1. The fourth-order valence-corrected chi connectivity index (χ4v) is 3.81. The van der Waals surface area contributed by atoms with Crippen LogP contribution in [0.3, 0.4) is 0 Å². The fraction of sp³-hybridized carbons (Fsp3) is 0.647. The normalized spacial score (nSPS) is 32.7. The minimum absolute atomic E-state index is 0.00905. The Bertz CT molecular complexity index is 549. The van der Waals surface area contributed by atoms with Crippen LogP contribution in [0.2, 0.25) is 0 Å². The smallest absolute Gasteiger partial charge is 0.161 e. The Morgan fingerprint density at radius 2 is 2.14 bits per heavy atom. The molecule has 1 aromatic carbocycles. The summed E-state index contributed by atoms with van der Waals surface area (Å²) in [5.41, 5.74) is 7.59. The average Bonchev–Trinajstić information content (AvgIpc) is 2.52. The van der Waals surface area contributed by atoms with Gasteiger partial charge in [-0.05, 0) is 50.9 Å². The van der Waals surface area contributed by atoms with E-state index in [1.807, 2.05) is 6.07 Å². The first-order valence-electron chi connectivity index (χ1n) is 8.10. The maximum absolute atomic E-state index is 10.2. The summed E-state index contributed by atoms with van der Waals surface area (Å²) in [6.07, 6.45) is 2.69. The Morgan fingerprint density at radius 3 is 2.82 bits per heavy atom. The number of aromatic hydroxyl groups is 2. The number of hydrogen-bond donors (Lipinski definition) is 3. The summed E-state index contributed by atoms with van der Waals surface area (Å²) < 4.78 is 6.24. The van der Waals surface area contributed by atoms with E-state index in [4.69, 9.17) is 10.5 Å². The Labute approximate surface area is 131 Å². The first-order valence-corrected chi connectivity index (χ1v) is 8.10. The zero-order valence-corrected chi connectivity index (χ0v) is 13.3. The molecule has 0 amide bonds. The van der Waals surface area contributed by atoms with E-state index in [2.05, 4.69) is 18.9 Å². The maximum Gasteiger partial charge on any atom is 0.161 e. The maximum atomic E-state index is 10.2. The number of phenolic OH excluding ortho intramolecular Hbond substituents is 2. The van der Waals surface area contributed by atoms with Crippen LogP contribution in [0.5, 0.6) is 11.5 Å². The zero-order valence-electron chi connectivity index (χ0n) is 13.3. The van der Waals surface area contributed by atoms with Gasteiger partial charge in [0.05, 0.1) is 12.2 Å². The molecule has 3 rings (SSSR count). The van der Waals surface area contributed by atoms with E-state index in [1.54, 1.807) is 0 Å². The van der Waals surface area contributed by atoms with Gasteiger partial charge in [-0.1, -0.05) is 6.07 Å². The van der Waals surface area contributed by atoms with Gasteiger partial charge in [-0.3, -0.25) is 0 Å². The molecule has 22 heavy (non-hydrogen) atoms.